The van der Waals surface area contributed by atoms with Crippen LogP contribution in [0.2, 0.25) is 0 Å². The first-order valence-electron chi connectivity index (χ1n) is 7.64. The highest BCUT2D eigenvalue weighted by atomic mass is 32.2. The average Bonchev–Trinajstić information content (AvgIpc) is 3.15. The summed E-state index contributed by atoms with van der Waals surface area (Å²) in [5.41, 5.74) is -0.743. The van der Waals surface area contributed by atoms with Crippen molar-refractivity contribution >= 4 is 9.84 Å². The standard InChI is InChI=1S/C18H12F3N3O2S/c19-18(20,21)17-10-16(7-4-14(17)11-22)27(25,26)12-13-2-5-15(6-3-13)24-9-1-8-23-24/h1-10H,12H2. The molecule has 0 bridgehead atoms. The van der Waals surface area contributed by atoms with Crippen molar-refractivity contribution in [3.8, 4) is 11.8 Å². The van der Waals surface area contributed by atoms with E-state index in [1.807, 2.05) is 0 Å². The van der Waals surface area contributed by atoms with Crippen LogP contribution in [0.5, 0.6) is 0 Å². The third-order valence-corrected chi connectivity index (χ3v) is 5.52. The van der Waals surface area contributed by atoms with Crippen molar-refractivity contribution in [2.24, 2.45) is 0 Å². The van der Waals surface area contributed by atoms with Crippen LogP contribution in [0.15, 0.2) is 65.8 Å². The summed E-state index contributed by atoms with van der Waals surface area (Å²) in [5, 5.41) is 12.9. The van der Waals surface area contributed by atoms with Gasteiger partial charge >= 0.3 is 6.18 Å². The van der Waals surface area contributed by atoms with Gasteiger partial charge < -0.3 is 0 Å². The minimum Gasteiger partial charge on any atom is -0.241 e. The number of rotatable bonds is 4. The van der Waals surface area contributed by atoms with E-state index in [0.29, 0.717) is 11.6 Å². The van der Waals surface area contributed by atoms with Crippen LogP contribution >= 0.6 is 0 Å². The van der Waals surface area contributed by atoms with Crippen LogP contribution in [0, 0.1) is 11.3 Å². The summed E-state index contributed by atoms with van der Waals surface area (Å²) in [6, 6.07) is 12.0. The van der Waals surface area contributed by atoms with E-state index in [1.54, 1.807) is 47.4 Å². The molecule has 0 fully saturated rings. The summed E-state index contributed by atoms with van der Waals surface area (Å²) in [5.74, 6) is -0.463. The summed E-state index contributed by atoms with van der Waals surface area (Å²) in [7, 11) is -4.02. The summed E-state index contributed by atoms with van der Waals surface area (Å²) < 4.78 is 65.8. The lowest BCUT2D eigenvalue weighted by atomic mass is 10.1. The Morgan fingerprint density at radius 3 is 2.37 bits per heavy atom. The maximum Gasteiger partial charge on any atom is 0.417 e. The second-order valence-corrected chi connectivity index (χ2v) is 7.68. The maximum atomic E-state index is 13.1. The van der Waals surface area contributed by atoms with E-state index in [9.17, 15) is 21.6 Å². The molecule has 1 heterocycles. The molecule has 0 saturated carbocycles. The van der Waals surface area contributed by atoms with Crippen molar-refractivity contribution in [3.63, 3.8) is 0 Å². The first-order valence-corrected chi connectivity index (χ1v) is 9.29. The third-order valence-electron chi connectivity index (χ3n) is 3.84. The fourth-order valence-corrected chi connectivity index (χ4v) is 3.89. The van der Waals surface area contributed by atoms with Gasteiger partial charge in [-0.3, -0.25) is 0 Å². The number of halogens is 3. The lowest BCUT2D eigenvalue weighted by molar-refractivity contribution is -0.137. The van der Waals surface area contributed by atoms with Crippen LogP contribution in [0.3, 0.4) is 0 Å². The molecule has 138 valence electrons. The van der Waals surface area contributed by atoms with E-state index in [2.05, 4.69) is 5.10 Å². The van der Waals surface area contributed by atoms with Crippen molar-refractivity contribution in [3.05, 3.63) is 77.6 Å². The maximum absolute atomic E-state index is 13.1. The Balaban J connectivity index is 1.90. The number of aromatic nitrogens is 2. The number of hydrogen-bond donors (Lipinski definition) is 0. The number of hydrogen-bond acceptors (Lipinski definition) is 4. The van der Waals surface area contributed by atoms with Gasteiger partial charge in [0, 0.05) is 12.4 Å². The molecule has 0 aliphatic carbocycles. The topological polar surface area (TPSA) is 75.8 Å². The van der Waals surface area contributed by atoms with Gasteiger partial charge in [0.05, 0.1) is 33.5 Å². The van der Waals surface area contributed by atoms with Gasteiger partial charge in [0.2, 0.25) is 0 Å². The molecule has 3 rings (SSSR count). The zero-order valence-electron chi connectivity index (χ0n) is 13.7. The van der Waals surface area contributed by atoms with Crippen LogP contribution in [0.25, 0.3) is 5.69 Å². The highest BCUT2D eigenvalue weighted by Gasteiger charge is 2.35. The smallest absolute Gasteiger partial charge is 0.241 e. The molecule has 0 saturated heterocycles. The van der Waals surface area contributed by atoms with Gasteiger partial charge in [0.1, 0.15) is 0 Å². The minimum atomic E-state index is -4.82. The Bertz CT molecular complexity index is 1100. The number of sulfone groups is 1. The van der Waals surface area contributed by atoms with E-state index in [4.69, 9.17) is 5.26 Å². The fourth-order valence-electron chi connectivity index (χ4n) is 2.52. The number of benzene rings is 2. The van der Waals surface area contributed by atoms with Crippen LogP contribution in [-0.4, -0.2) is 18.2 Å². The first-order chi connectivity index (χ1) is 12.7. The molecule has 0 spiro atoms. The van der Waals surface area contributed by atoms with Gasteiger partial charge in [-0.15, -0.1) is 0 Å². The van der Waals surface area contributed by atoms with Crippen LogP contribution in [0.1, 0.15) is 16.7 Å². The average molecular weight is 391 g/mol. The quantitative estimate of drug-likeness (QED) is 0.679. The SMILES string of the molecule is N#Cc1ccc(S(=O)(=O)Cc2ccc(-n3cccn3)cc2)cc1C(F)(F)F. The lowest BCUT2D eigenvalue weighted by Crippen LogP contribution is -2.11. The van der Waals surface area contributed by atoms with Gasteiger partial charge in [-0.05, 0) is 42.0 Å². The van der Waals surface area contributed by atoms with E-state index in [-0.39, 0.29) is 0 Å². The molecule has 0 aliphatic heterocycles. The van der Waals surface area contributed by atoms with E-state index >= 15 is 0 Å². The van der Waals surface area contributed by atoms with Crippen LogP contribution in [0.4, 0.5) is 13.2 Å². The van der Waals surface area contributed by atoms with Gasteiger partial charge in [-0.25, -0.2) is 13.1 Å². The fraction of sp³-hybridized carbons (Fsp3) is 0.111. The van der Waals surface area contributed by atoms with Crippen molar-refractivity contribution in [2.75, 3.05) is 0 Å². The zero-order valence-corrected chi connectivity index (χ0v) is 14.5. The summed E-state index contributed by atoms with van der Waals surface area (Å²) >= 11 is 0. The molecule has 0 unspecified atom stereocenters. The largest absolute Gasteiger partial charge is 0.417 e. The molecular weight excluding hydrogens is 379 g/mol. The predicted octanol–water partition coefficient (Wildman–Crippen LogP) is 3.74. The van der Waals surface area contributed by atoms with Crippen LogP contribution in [-0.2, 0) is 21.8 Å². The van der Waals surface area contributed by atoms with Gasteiger partial charge in [0.25, 0.3) is 0 Å². The van der Waals surface area contributed by atoms with E-state index in [0.717, 1.165) is 17.8 Å². The van der Waals surface area contributed by atoms with E-state index in [1.165, 1.54) is 6.07 Å². The predicted molar refractivity (Wildman–Crippen MR) is 90.6 cm³/mol. The Hall–Kier alpha value is -3.12. The summed E-state index contributed by atoms with van der Waals surface area (Å²) in [4.78, 5) is -0.482. The lowest BCUT2D eigenvalue weighted by Gasteiger charge is -2.11. The van der Waals surface area contributed by atoms with Crippen molar-refractivity contribution < 1.29 is 21.6 Å². The Morgan fingerprint density at radius 1 is 1.11 bits per heavy atom. The van der Waals surface area contributed by atoms with E-state index < -0.39 is 37.8 Å². The highest BCUT2D eigenvalue weighted by molar-refractivity contribution is 7.90. The molecular formula is C18H12F3N3O2S. The Morgan fingerprint density at radius 2 is 1.81 bits per heavy atom. The monoisotopic (exact) mass is 391 g/mol. The second kappa shape index (κ2) is 6.89. The molecule has 27 heavy (non-hydrogen) atoms. The number of alkyl halides is 3. The van der Waals surface area contributed by atoms with Gasteiger partial charge in [0.15, 0.2) is 9.84 Å². The number of nitriles is 1. The highest BCUT2D eigenvalue weighted by Crippen LogP contribution is 2.33. The van der Waals surface area contributed by atoms with Crippen LogP contribution < -0.4 is 0 Å². The zero-order chi connectivity index (χ0) is 19.7. The van der Waals surface area contributed by atoms with Gasteiger partial charge in [-0.2, -0.15) is 23.5 Å². The molecule has 5 nitrogen and oxygen atoms in total. The normalized spacial score (nSPS) is 11.9. The van der Waals surface area contributed by atoms with Gasteiger partial charge in [-0.1, -0.05) is 12.1 Å². The molecule has 0 atom stereocenters. The summed E-state index contributed by atoms with van der Waals surface area (Å²) in [6.07, 6.45) is -1.50. The molecule has 3 aromatic rings. The third kappa shape index (κ3) is 4.01. The molecule has 1 aromatic heterocycles. The van der Waals surface area contributed by atoms with Crippen molar-refractivity contribution in [1.29, 1.82) is 5.26 Å². The second-order valence-electron chi connectivity index (χ2n) is 5.69. The minimum absolute atomic E-state index is 0.420. The number of nitrogens with zero attached hydrogens (tertiary/aromatic N) is 3. The molecule has 0 N–H and O–H groups in total. The molecule has 0 aliphatic rings. The van der Waals surface area contributed by atoms with Crippen molar-refractivity contribution in [2.45, 2.75) is 16.8 Å². The molecule has 0 radical (unpaired) electrons. The molecule has 9 heteroatoms. The molecule has 0 amide bonds. The Labute approximate surface area is 153 Å². The summed E-state index contributed by atoms with van der Waals surface area (Å²) in [6.45, 7) is 0. The first kappa shape index (κ1) is 18.7. The van der Waals surface area contributed by atoms with Crippen molar-refractivity contribution in [1.82, 2.24) is 9.78 Å². The molecule has 2 aromatic carbocycles. The Kier molecular flexibility index (Phi) is 4.76.